The zero-order chi connectivity index (χ0) is 17.9. The van der Waals surface area contributed by atoms with E-state index >= 15 is 0 Å². The van der Waals surface area contributed by atoms with Gasteiger partial charge in [0.05, 0.1) is 13.2 Å². The van der Waals surface area contributed by atoms with Crippen LogP contribution < -0.4 is 10.9 Å². The number of fused-ring (bicyclic) bond motifs is 1. The molecule has 3 rings (SSSR count). The van der Waals surface area contributed by atoms with Crippen LogP contribution in [0, 0.1) is 0 Å². The second-order valence-electron chi connectivity index (χ2n) is 5.49. The molecule has 0 bridgehead atoms. The van der Waals surface area contributed by atoms with Gasteiger partial charge in [-0.1, -0.05) is 36.4 Å². The summed E-state index contributed by atoms with van der Waals surface area (Å²) in [5.74, 6) is 0. The van der Waals surface area contributed by atoms with Crippen LogP contribution in [0.4, 0.5) is 0 Å². The molecule has 0 saturated carbocycles. The normalized spacial score (nSPS) is 13.7. The van der Waals surface area contributed by atoms with Crippen molar-refractivity contribution in [1.82, 2.24) is 4.98 Å². The molecule has 0 fully saturated rings. The SMILES string of the molecule is COCCOP(=O)(O)c1ccc(-c2ccc3ccccc3c2)[nH]c1=O. The summed E-state index contributed by atoms with van der Waals surface area (Å²) in [4.78, 5) is 24.9. The van der Waals surface area contributed by atoms with Crippen molar-refractivity contribution < 1.29 is 18.7 Å². The van der Waals surface area contributed by atoms with E-state index in [0.717, 1.165) is 16.3 Å². The average Bonchev–Trinajstić information content (AvgIpc) is 2.61. The molecule has 1 unspecified atom stereocenters. The summed E-state index contributed by atoms with van der Waals surface area (Å²) >= 11 is 0. The highest BCUT2D eigenvalue weighted by atomic mass is 31.2. The molecule has 3 aromatic rings. The van der Waals surface area contributed by atoms with Crippen LogP contribution in [0.3, 0.4) is 0 Å². The van der Waals surface area contributed by atoms with Crippen LogP contribution in [-0.4, -0.2) is 30.2 Å². The number of benzene rings is 2. The molecule has 7 heteroatoms. The van der Waals surface area contributed by atoms with Crippen molar-refractivity contribution in [3.05, 3.63) is 65.0 Å². The van der Waals surface area contributed by atoms with Crippen LogP contribution in [-0.2, 0) is 13.8 Å². The molecule has 25 heavy (non-hydrogen) atoms. The summed E-state index contributed by atoms with van der Waals surface area (Å²) < 4.78 is 21.9. The van der Waals surface area contributed by atoms with Gasteiger partial charge < -0.3 is 19.1 Å². The van der Waals surface area contributed by atoms with Gasteiger partial charge in [-0.3, -0.25) is 9.36 Å². The van der Waals surface area contributed by atoms with Gasteiger partial charge in [0.1, 0.15) is 5.30 Å². The third-order valence-corrected chi connectivity index (χ3v) is 5.30. The van der Waals surface area contributed by atoms with Gasteiger partial charge in [0.15, 0.2) is 0 Å². The number of hydrogen-bond acceptors (Lipinski definition) is 4. The Labute approximate surface area is 144 Å². The highest BCUT2D eigenvalue weighted by Crippen LogP contribution is 2.39. The van der Waals surface area contributed by atoms with E-state index in [1.54, 1.807) is 6.07 Å². The fourth-order valence-corrected chi connectivity index (χ4v) is 3.56. The molecule has 0 amide bonds. The molecule has 0 aliphatic carbocycles. The van der Waals surface area contributed by atoms with Crippen molar-refractivity contribution in [2.45, 2.75) is 0 Å². The van der Waals surface area contributed by atoms with Gasteiger partial charge in [-0.15, -0.1) is 0 Å². The number of H-pyrrole nitrogens is 1. The maximum absolute atomic E-state index is 12.3. The third kappa shape index (κ3) is 3.89. The Morgan fingerprint density at radius 3 is 2.52 bits per heavy atom. The third-order valence-electron chi connectivity index (χ3n) is 3.81. The predicted octanol–water partition coefficient (Wildman–Crippen LogP) is 2.67. The fourth-order valence-electron chi connectivity index (χ4n) is 2.53. The largest absolute Gasteiger partial charge is 0.382 e. The second kappa shape index (κ2) is 7.33. The zero-order valence-corrected chi connectivity index (χ0v) is 14.5. The number of rotatable bonds is 6. The summed E-state index contributed by atoms with van der Waals surface area (Å²) in [6.07, 6.45) is 0. The lowest BCUT2D eigenvalue weighted by atomic mass is 10.0. The molecule has 2 N–H and O–H groups in total. The Morgan fingerprint density at radius 2 is 1.80 bits per heavy atom. The summed E-state index contributed by atoms with van der Waals surface area (Å²) in [6, 6.07) is 16.6. The maximum Gasteiger partial charge on any atom is 0.364 e. The first-order valence-electron chi connectivity index (χ1n) is 7.70. The summed E-state index contributed by atoms with van der Waals surface area (Å²) in [5.41, 5.74) is 0.737. The molecule has 1 heterocycles. The van der Waals surface area contributed by atoms with Gasteiger partial charge in [-0.2, -0.15) is 0 Å². The first kappa shape index (κ1) is 17.6. The first-order valence-corrected chi connectivity index (χ1v) is 9.28. The van der Waals surface area contributed by atoms with Gasteiger partial charge >= 0.3 is 7.60 Å². The van der Waals surface area contributed by atoms with E-state index in [0.29, 0.717) is 5.69 Å². The lowest BCUT2D eigenvalue weighted by molar-refractivity contribution is 0.140. The lowest BCUT2D eigenvalue weighted by Crippen LogP contribution is -2.28. The Morgan fingerprint density at radius 1 is 1.04 bits per heavy atom. The molecule has 0 radical (unpaired) electrons. The van der Waals surface area contributed by atoms with Crippen molar-refractivity contribution >= 4 is 23.7 Å². The van der Waals surface area contributed by atoms with Crippen LogP contribution in [0.1, 0.15) is 0 Å². The quantitative estimate of drug-likeness (QED) is 0.522. The van der Waals surface area contributed by atoms with E-state index in [2.05, 4.69) is 4.98 Å². The Balaban J connectivity index is 1.93. The monoisotopic (exact) mass is 359 g/mol. The zero-order valence-electron chi connectivity index (χ0n) is 13.6. The van der Waals surface area contributed by atoms with Crippen molar-refractivity contribution in [3.8, 4) is 11.3 Å². The molecule has 1 aromatic heterocycles. The van der Waals surface area contributed by atoms with Crippen LogP contribution in [0.2, 0.25) is 0 Å². The summed E-state index contributed by atoms with van der Waals surface area (Å²) in [7, 11) is -2.73. The standard InChI is InChI=1S/C18H18NO5P/c1-23-10-11-24-25(21,22)17-9-8-16(19-18(17)20)15-7-6-13-4-2-3-5-14(13)12-15/h2-9,12H,10-11H2,1H3,(H,19,20)(H,21,22). The maximum atomic E-state index is 12.3. The van der Waals surface area contributed by atoms with Crippen molar-refractivity contribution in [2.75, 3.05) is 20.3 Å². The molecule has 0 aliphatic rings. The number of aromatic amines is 1. The number of ether oxygens (including phenoxy) is 1. The lowest BCUT2D eigenvalue weighted by Gasteiger charge is -2.12. The molecular formula is C18H18NO5P. The topological polar surface area (TPSA) is 88.6 Å². The molecule has 0 spiro atoms. The Hall–Kier alpha value is -2.24. The van der Waals surface area contributed by atoms with Crippen LogP contribution in [0.15, 0.2) is 59.4 Å². The Kier molecular flexibility index (Phi) is 5.16. The highest BCUT2D eigenvalue weighted by molar-refractivity contribution is 7.61. The first-order chi connectivity index (χ1) is 12.0. The minimum Gasteiger partial charge on any atom is -0.382 e. The van der Waals surface area contributed by atoms with Crippen LogP contribution in [0.25, 0.3) is 22.0 Å². The van der Waals surface area contributed by atoms with Crippen molar-refractivity contribution in [2.24, 2.45) is 0 Å². The molecule has 130 valence electrons. The Bertz CT molecular complexity index is 998. The fraction of sp³-hybridized carbons (Fsp3) is 0.167. The summed E-state index contributed by atoms with van der Waals surface area (Å²) in [6.45, 7) is 0.0910. The van der Waals surface area contributed by atoms with Gasteiger partial charge in [-0.25, -0.2) is 0 Å². The minimum atomic E-state index is -4.19. The van der Waals surface area contributed by atoms with E-state index in [4.69, 9.17) is 9.26 Å². The van der Waals surface area contributed by atoms with E-state index < -0.39 is 13.2 Å². The van der Waals surface area contributed by atoms with E-state index in [1.807, 2.05) is 42.5 Å². The highest BCUT2D eigenvalue weighted by Gasteiger charge is 2.26. The average molecular weight is 359 g/mol. The molecular weight excluding hydrogens is 341 g/mol. The molecule has 6 nitrogen and oxygen atoms in total. The van der Waals surface area contributed by atoms with Gasteiger partial charge in [0.25, 0.3) is 5.56 Å². The van der Waals surface area contributed by atoms with E-state index in [9.17, 15) is 14.3 Å². The van der Waals surface area contributed by atoms with E-state index in [-0.39, 0.29) is 18.5 Å². The number of nitrogens with one attached hydrogen (secondary N) is 1. The van der Waals surface area contributed by atoms with Gasteiger partial charge in [0.2, 0.25) is 0 Å². The van der Waals surface area contributed by atoms with Crippen LogP contribution >= 0.6 is 7.60 Å². The molecule has 1 atom stereocenters. The van der Waals surface area contributed by atoms with Crippen molar-refractivity contribution in [1.29, 1.82) is 0 Å². The number of methoxy groups -OCH3 is 1. The molecule has 2 aromatic carbocycles. The predicted molar refractivity (Wildman–Crippen MR) is 97.3 cm³/mol. The number of pyridine rings is 1. The van der Waals surface area contributed by atoms with Gasteiger partial charge in [-0.05, 0) is 34.5 Å². The minimum absolute atomic E-state index is 0.0733. The van der Waals surface area contributed by atoms with E-state index in [1.165, 1.54) is 13.2 Å². The second-order valence-corrected chi connectivity index (χ2v) is 7.28. The molecule has 0 aliphatic heterocycles. The number of hydrogen-bond donors (Lipinski definition) is 2. The number of aromatic nitrogens is 1. The smallest absolute Gasteiger partial charge is 0.364 e. The summed E-state index contributed by atoms with van der Waals surface area (Å²) in [5, 5.41) is 1.85. The van der Waals surface area contributed by atoms with Crippen molar-refractivity contribution in [3.63, 3.8) is 0 Å². The van der Waals surface area contributed by atoms with Gasteiger partial charge in [0, 0.05) is 12.8 Å². The van der Waals surface area contributed by atoms with Crippen LogP contribution in [0.5, 0.6) is 0 Å². The molecule has 0 saturated heterocycles.